The minimum Gasteiger partial charge on any atom is -0.507 e. The molecule has 3 heterocycles. The maximum Gasteiger partial charge on any atom is 0.229 e. The summed E-state index contributed by atoms with van der Waals surface area (Å²) in [5.41, 5.74) is 0.373. The highest BCUT2D eigenvalue weighted by atomic mass is 16.7. The van der Waals surface area contributed by atoms with Crippen molar-refractivity contribution in [3.05, 3.63) is 41.5 Å². The predicted octanol–water partition coefficient (Wildman–Crippen LogP) is -1.16. The van der Waals surface area contributed by atoms with Gasteiger partial charge < -0.3 is 69.3 Å². The Bertz CT molecular complexity index is 1320. The first-order valence-electron chi connectivity index (χ1n) is 13.5. The van der Waals surface area contributed by atoms with Crippen LogP contribution in [0.5, 0.6) is 28.7 Å². The fraction of sp³-hybridized carbons (Fsp3) is 0.536. The summed E-state index contributed by atoms with van der Waals surface area (Å²) in [7, 11) is 1.39. The van der Waals surface area contributed by atoms with Gasteiger partial charge in [-0.2, -0.15) is 0 Å². The minimum atomic E-state index is -1.77. The Labute approximate surface area is 245 Å². The number of phenols is 2. The average Bonchev–Trinajstić information content (AvgIpc) is 2.97. The molecule has 2 aromatic carbocycles. The van der Waals surface area contributed by atoms with Crippen LogP contribution >= 0.6 is 0 Å². The fourth-order valence-electron chi connectivity index (χ4n) is 5.20. The summed E-state index contributed by atoms with van der Waals surface area (Å²) >= 11 is 0. The highest BCUT2D eigenvalue weighted by Crippen LogP contribution is 2.43. The molecule has 15 heteroatoms. The van der Waals surface area contributed by atoms with Crippen LogP contribution in [0.15, 0.2) is 30.3 Å². The van der Waals surface area contributed by atoms with Gasteiger partial charge in [-0.25, -0.2) is 0 Å². The number of ketones is 1. The van der Waals surface area contributed by atoms with Crippen LogP contribution < -0.4 is 14.2 Å². The number of carbonyl (C=O) groups is 1. The molecule has 2 saturated heterocycles. The lowest BCUT2D eigenvalue weighted by molar-refractivity contribution is -0.318. The van der Waals surface area contributed by atoms with Crippen molar-refractivity contribution in [2.45, 2.75) is 80.9 Å². The van der Waals surface area contributed by atoms with E-state index in [0.29, 0.717) is 5.56 Å². The van der Waals surface area contributed by atoms with Gasteiger partial charge in [0.05, 0.1) is 26.2 Å². The Morgan fingerprint density at radius 3 is 2.23 bits per heavy atom. The molecule has 2 aromatic rings. The van der Waals surface area contributed by atoms with Gasteiger partial charge in [-0.05, 0) is 24.6 Å². The Morgan fingerprint density at radius 1 is 0.837 bits per heavy atom. The minimum absolute atomic E-state index is 0.0457. The number of aliphatic hydroxyl groups is 6. The number of benzene rings is 2. The Morgan fingerprint density at radius 2 is 1.53 bits per heavy atom. The van der Waals surface area contributed by atoms with E-state index >= 15 is 0 Å². The smallest absolute Gasteiger partial charge is 0.229 e. The molecule has 0 radical (unpaired) electrons. The van der Waals surface area contributed by atoms with Crippen LogP contribution in [0, 0.1) is 0 Å². The zero-order chi connectivity index (χ0) is 31.2. The second-order valence-electron chi connectivity index (χ2n) is 10.6. The van der Waals surface area contributed by atoms with Crippen LogP contribution in [0.4, 0.5) is 0 Å². The van der Waals surface area contributed by atoms with E-state index in [1.165, 1.54) is 32.2 Å². The molecule has 3 aliphatic heterocycles. The summed E-state index contributed by atoms with van der Waals surface area (Å²) in [5.74, 6) is -0.999. The average molecular weight is 611 g/mol. The van der Waals surface area contributed by atoms with Crippen molar-refractivity contribution in [3.63, 3.8) is 0 Å². The van der Waals surface area contributed by atoms with Gasteiger partial charge in [0, 0.05) is 12.1 Å². The number of carbonyl (C=O) groups excluding carboxylic acids is 1. The Kier molecular flexibility index (Phi) is 8.99. The second kappa shape index (κ2) is 12.4. The van der Waals surface area contributed by atoms with Crippen molar-refractivity contribution in [1.82, 2.24) is 0 Å². The van der Waals surface area contributed by atoms with E-state index in [9.17, 15) is 45.6 Å². The van der Waals surface area contributed by atoms with E-state index in [1.807, 2.05) is 0 Å². The van der Waals surface area contributed by atoms with Crippen molar-refractivity contribution < 1.29 is 74.1 Å². The normalized spacial score (nSPS) is 36.0. The van der Waals surface area contributed by atoms with Gasteiger partial charge in [0.2, 0.25) is 6.29 Å². The Hall–Kier alpha value is -3.25. The quantitative estimate of drug-likeness (QED) is 0.185. The molecule has 8 N–H and O–H groups in total. The molecule has 2 fully saturated rings. The summed E-state index contributed by atoms with van der Waals surface area (Å²) in [6, 6.07) is 6.90. The zero-order valence-electron chi connectivity index (χ0n) is 23.1. The summed E-state index contributed by atoms with van der Waals surface area (Å²) in [6.07, 6.45) is -15.9. The lowest BCUT2D eigenvalue weighted by atomic mass is 9.95. The summed E-state index contributed by atoms with van der Waals surface area (Å²) in [6.45, 7) is 0.964. The topological polar surface area (TPSA) is 234 Å². The third-order valence-corrected chi connectivity index (χ3v) is 7.70. The number of Topliss-reactive ketones (excluding diaryl/α,β-unsaturated/α-hetero) is 1. The molecule has 3 aliphatic rings. The SMILES string of the molecule is COc1ccc([C@@H]2CC(=O)c3c(O)cc(O[C@@H]4OC(CO[C@@H]5OC(C)[C@H](O)C(O)C5O)[C@@H](O)[C@H](O)C4O)cc3O2)cc1O. The molecule has 43 heavy (non-hydrogen) atoms. The number of hydrogen-bond donors (Lipinski definition) is 8. The van der Waals surface area contributed by atoms with Crippen molar-refractivity contribution >= 4 is 5.78 Å². The van der Waals surface area contributed by atoms with E-state index in [1.54, 1.807) is 6.07 Å². The Balaban J connectivity index is 1.30. The number of rotatable bonds is 7. The fourth-order valence-corrected chi connectivity index (χ4v) is 5.20. The highest BCUT2D eigenvalue weighted by Gasteiger charge is 2.47. The molecule has 0 spiro atoms. The van der Waals surface area contributed by atoms with Gasteiger partial charge in [0.15, 0.2) is 23.6 Å². The van der Waals surface area contributed by atoms with Crippen LogP contribution in [0.3, 0.4) is 0 Å². The standard InChI is InChI=1S/C28H34O15/c1-10-21(32)23(34)25(36)27(40-10)39-9-19-22(33)24(35)26(37)28(43-19)41-12-6-14(30)20-15(31)8-17(42-18(20)7-12)11-3-4-16(38-2)13(29)5-11/h3-7,10,17,19,21-30,32-37H,8-9H2,1-2H3/t10?,17-,19?,21-,22+,23?,24-,25?,26?,27+,28+/m0/s1. The molecule has 5 rings (SSSR count). The molecule has 0 saturated carbocycles. The number of ether oxygens (including phenoxy) is 6. The van der Waals surface area contributed by atoms with E-state index < -0.39 is 85.7 Å². The lowest BCUT2D eigenvalue weighted by Gasteiger charge is -2.42. The summed E-state index contributed by atoms with van der Waals surface area (Å²) < 4.78 is 33.1. The second-order valence-corrected chi connectivity index (χ2v) is 10.6. The van der Waals surface area contributed by atoms with Crippen molar-refractivity contribution in [1.29, 1.82) is 0 Å². The van der Waals surface area contributed by atoms with E-state index in [2.05, 4.69) is 0 Å². The number of hydrogen-bond acceptors (Lipinski definition) is 15. The van der Waals surface area contributed by atoms with Gasteiger partial charge in [-0.15, -0.1) is 0 Å². The van der Waals surface area contributed by atoms with Crippen molar-refractivity contribution in [3.8, 4) is 28.7 Å². The van der Waals surface area contributed by atoms with Crippen LogP contribution in [0.2, 0.25) is 0 Å². The molecule has 236 valence electrons. The molecular formula is C28H34O15. The van der Waals surface area contributed by atoms with E-state index in [-0.39, 0.29) is 35.0 Å². The largest absolute Gasteiger partial charge is 0.507 e. The lowest BCUT2D eigenvalue weighted by Crippen LogP contribution is -2.61. The third kappa shape index (κ3) is 6.08. The molecule has 15 nitrogen and oxygen atoms in total. The summed E-state index contributed by atoms with van der Waals surface area (Å²) in [4.78, 5) is 12.9. The first-order chi connectivity index (χ1) is 20.4. The van der Waals surface area contributed by atoms with Crippen LogP contribution in [-0.2, 0) is 14.2 Å². The van der Waals surface area contributed by atoms with Gasteiger partial charge in [-0.1, -0.05) is 6.07 Å². The van der Waals surface area contributed by atoms with E-state index in [0.717, 1.165) is 6.07 Å². The molecule has 0 aliphatic carbocycles. The van der Waals surface area contributed by atoms with Gasteiger partial charge in [0.25, 0.3) is 0 Å². The maximum absolute atomic E-state index is 12.9. The molecule has 0 bridgehead atoms. The number of fused-ring (bicyclic) bond motifs is 1. The molecule has 5 unspecified atom stereocenters. The monoisotopic (exact) mass is 610 g/mol. The van der Waals surface area contributed by atoms with Gasteiger partial charge in [0.1, 0.15) is 71.6 Å². The number of aliphatic hydroxyl groups excluding tert-OH is 6. The van der Waals surface area contributed by atoms with Crippen molar-refractivity contribution in [2.75, 3.05) is 13.7 Å². The summed E-state index contributed by atoms with van der Waals surface area (Å²) in [5, 5.41) is 82.2. The zero-order valence-corrected chi connectivity index (χ0v) is 23.1. The van der Waals surface area contributed by atoms with Crippen LogP contribution in [0.1, 0.15) is 35.4 Å². The first kappa shape index (κ1) is 31.2. The van der Waals surface area contributed by atoms with Gasteiger partial charge >= 0.3 is 0 Å². The molecule has 0 amide bonds. The van der Waals surface area contributed by atoms with Gasteiger partial charge in [-0.3, -0.25) is 4.79 Å². The maximum atomic E-state index is 12.9. The third-order valence-electron chi connectivity index (χ3n) is 7.70. The van der Waals surface area contributed by atoms with Crippen LogP contribution in [-0.4, -0.2) is 122 Å². The van der Waals surface area contributed by atoms with Crippen molar-refractivity contribution in [2.24, 2.45) is 0 Å². The number of methoxy groups -OCH3 is 1. The number of aromatic hydroxyl groups is 2. The highest BCUT2D eigenvalue weighted by molar-refractivity contribution is 6.02. The van der Waals surface area contributed by atoms with Crippen LogP contribution in [0.25, 0.3) is 0 Å². The molecule has 0 aromatic heterocycles. The van der Waals surface area contributed by atoms with E-state index in [4.69, 9.17) is 28.4 Å². The predicted molar refractivity (Wildman–Crippen MR) is 141 cm³/mol. The molecule has 11 atom stereocenters. The first-order valence-corrected chi connectivity index (χ1v) is 13.5. The molecular weight excluding hydrogens is 576 g/mol. The number of phenolic OH excluding ortho intramolecular Hbond substituents is 2.